The first-order valence-corrected chi connectivity index (χ1v) is 8.27. The van der Waals surface area contributed by atoms with Gasteiger partial charge < -0.3 is 4.90 Å². The molecule has 0 aliphatic carbocycles. The van der Waals surface area contributed by atoms with Gasteiger partial charge in [-0.25, -0.2) is 4.39 Å². The molecule has 1 aliphatic rings. The molecule has 0 aromatic heterocycles. The Morgan fingerprint density at radius 3 is 2.38 bits per heavy atom. The molecule has 0 spiro atoms. The fraction of sp³-hybridized carbons (Fsp3) is 0.235. The van der Waals surface area contributed by atoms with Crippen LogP contribution < -0.4 is 0 Å². The predicted octanol–water partition coefficient (Wildman–Crippen LogP) is 4.73. The SMILES string of the molecule is O=C(c1ccccc1F)N1CCS[C@@H]1c1ccc(C(F)(F)F)cc1. The lowest BCUT2D eigenvalue weighted by Gasteiger charge is -2.24. The van der Waals surface area contributed by atoms with Crippen molar-refractivity contribution < 1.29 is 22.4 Å². The summed E-state index contributed by atoms with van der Waals surface area (Å²) in [7, 11) is 0. The summed E-state index contributed by atoms with van der Waals surface area (Å²) in [6.45, 7) is 0.420. The number of carbonyl (C=O) groups excluding carboxylic acids is 1. The number of hydrogen-bond donors (Lipinski definition) is 0. The Hall–Kier alpha value is -2.02. The van der Waals surface area contributed by atoms with Crippen LogP contribution in [0.25, 0.3) is 0 Å². The lowest BCUT2D eigenvalue weighted by molar-refractivity contribution is -0.137. The quantitative estimate of drug-likeness (QED) is 0.726. The first-order chi connectivity index (χ1) is 11.4. The molecule has 126 valence electrons. The average molecular weight is 355 g/mol. The zero-order valence-electron chi connectivity index (χ0n) is 12.4. The highest BCUT2D eigenvalue weighted by Gasteiger charge is 2.34. The monoisotopic (exact) mass is 355 g/mol. The second-order valence-corrected chi connectivity index (χ2v) is 6.51. The highest BCUT2D eigenvalue weighted by atomic mass is 32.2. The molecule has 1 heterocycles. The van der Waals surface area contributed by atoms with Gasteiger partial charge in [0.2, 0.25) is 0 Å². The standard InChI is InChI=1S/C17H13F4NOS/c18-14-4-2-1-3-13(14)15(23)22-9-10-24-16(22)11-5-7-12(8-6-11)17(19,20)21/h1-8,16H,9-10H2/t16-/m1/s1. The summed E-state index contributed by atoms with van der Waals surface area (Å²) in [5.74, 6) is -0.417. The molecule has 7 heteroatoms. The fourth-order valence-electron chi connectivity index (χ4n) is 2.58. The summed E-state index contributed by atoms with van der Waals surface area (Å²) >= 11 is 1.45. The summed E-state index contributed by atoms with van der Waals surface area (Å²) in [6, 6.07) is 10.4. The van der Waals surface area contributed by atoms with Gasteiger partial charge in [0.05, 0.1) is 11.1 Å². The highest BCUT2D eigenvalue weighted by Crippen LogP contribution is 2.40. The summed E-state index contributed by atoms with van der Waals surface area (Å²) in [6.07, 6.45) is -4.40. The van der Waals surface area contributed by atoms with Crippen molar-refractivity contribution in [3.05, 3.63) is 71.0 Å². The number of alkyl halides is 3. The van der Waals surface area contributed by atoms with E-state index >= 15 is 0 Å². The molecule has 0 saturated carbocycles. The van der Waals surface area contributed by atoms with Gasteiger partial charge in [-0.3, -0.25) is 4.79 Å². The van der Waals surface area contributed by atoms with Crippen LogP contribution in [-0.4, -0.2) is 23.1 Å². The van der Waals surface area contributed by atoms with Crippen LogP contribution in [0, 0.1) is 5.82 Å². The average Bonchev–Trinajstić information content (AvgIpc) is 3.03. The highest BCUT2D eigenvalue weighted by molar-refractivity contribution is 7.99. The van der Waals surface area contributed by atoms with E-state index in [1.165, 1.54) is 47.0 Å². The van der Waals surface area contributed by atoms with Crippen LogP contribution in [0.15, 0.2) is 48.5 Å². The van der Waals surface area contributed by atoms with E-state index in [1.807, 2.05) is 0 Å². The van der Waals surface area contributed by atoms with E-state index in [2.05, 4.69) is 0 Å². The third-order valence-corrected chi connectivity index (χ3v) is 5.04. The molecule has 24 heavy (non-hydrogen) atoms. The molecular weight excluding hydrogens is 342 g/mol. The molecule has 1 fully saturated rings. The summed E-state index contributed by atoms with van der Waals surface area (Å²) in [5.41, 5.74) is -0.173. The maximum Gasteiger partial charge on any atom is 0.416 e. The minimum absolute atomic E-state index is 0.0306. The third-order valence-electron chi connectivity index (χ3n) is 3.78. The van der Waals surface area contributed by atoms with Crippen molar-refractivity contribution in [1.29, 1.82) is 0 Å². The van der Waals surface area contributed by atoms with Gasteiger partial charge in [0.1, 0.15) is 11.2 Å². The van der Waals surface area contributed by atoms with Crippen molar-refractivity contribution in [3.63, 3.8) is 0 Å². The molecule has 3 rings (SSSR count). The van der Waals surface area contributed by atoms with Crippen LogP contribution >= 0.6 is 11.8 Å². The smallest absolute Gasteiger partial charge is 0.322 e. The van der Waals surface area contributed by atoms with Gasteiger partial charge in [0, 0.05) is 12.3 Å². The lowest BCUT2D eigenvalue weighted by Crippen LogP contribution is -2.31. The van der Waals surface area contributed by atoms with E-state index in [9.17, 15) is 22.4 Å². The Kier molecular flexibility index (Phi) is 4.54. The van der Waals surface area contributed by atoms with E-state index in [1.54, 1.807) is 6.07 Å². The van der Waals surface area contributed by atoms with Crippen LogP contribution in [0.1, 0.15) is 26.9 Å². The lowest BCUT2D eigenvalue weighted by atomic mass is 10.1. The number of thioether (sulfide) groups is 1. The van der Waals surface area contributed by atoms with Gasteiger partial charge in [0.15, 0.2) is 0 Å². The molecule has 0 bridgehead atoms. The molecule has 2 aromatic rings. The topological polar surface area (TPSA) is 20.3 Å². The van der Waals surface area contributed by atoms with Crippen LogP contribution in [0.3, 0.4) is 0 Å². The summed E-state index contributed by atoms with van der Waals surface area (Å²) in [5, 5.41) is -0.417. The summed E-state index contributed by atoms with van der Waals surface area (Å²) in [4.78, 5) is 14.1. The van der Waals surface area contributed by atoms with Crippen LogP contribution in [-0.2, 0) is 6.18 Å². The number of halogens is 4. The van der Waals surface area contributed by atoms with E-state index in [0.29, 0.717) is 17.9 Å². The zero-order valence-corrected chi connectivity index (χ0v) is 13.2. The molecule has 1 aliphatic heterocycles. The number of amides is 1. The molecule has 0 radical (unpaired) electrons. The van der Waals surface area contributed by atoms with Crippen molar-refractivity contribution >= 4 is 17.7 Å². The number of rotatable bonds is 2. The Labute approximate surface area is 140 Å². The summed E-state index contributed by atoms with van der Waals surface area (Å²) < 4.78 is 51.8. The van der Waals surface area contributed by atoms with Crippen LogP contribution in [0.5, 0.6) is 0 Å². The second-order valence-electron chi connectivity index (χ2n) is 5.32. The number of carbonyl (C=O) groups is 1. The number of hydrogen-bond acceptors (Lipinski definition) is 2. The maximum absolute atomic E-state index is 13.8. The van der Waals surface area contributed by atoms with Crippen molar-refractivity contribution in [2.75, 3.05) is 12.3 Å². The molecule has 1 atom stereocenters. The van der Waals surface area contributed by atoms with Crippen molar-refractivity contribution in [2.24, 2.45) is 0 Å². The van der Waals surface area contributed by atoms with Gasteiger partial charge >= 0.3 is 6.18 Å². The second kappa shape index (κ2) is 6.47. The van der Waals surface area contributed by atoms with Crippen molar-refractivity contribution in [3.8, 4) is 0 Å². The van der Waals surface area contributed by atoms with Gasteiger partial charge in [0.25, 0.3) is 5.91 Å². The molecule has 2 nitrogen and oxygen atoms in total. The Balaban J connectivity index is 1.86. The fourth-order valence-corrected chi connectivity index (χ4v) is 3.84. The minimum Gasteiger partial charge on any atom is -0.322 e. The third kappa shape index (κ3) is 3.26. The van der Waals surface area contributed by atoms with E-state index < -0.39 is 28.8 Å². The number of nitrogens with zero attached hydrogens (tertiary/aromatic N) is 1. The maximum atomic E-state index is 13.8. The Bertz CT molecular complexity index is 745. The predicted molar refractivity (Wildman–Crippen MR) is 84.1 cm³/mol. The zero-order chi connectivity index (χ0) is 17.3. The van der Waals surface area contributed by atoms with Crippen molar-refractivity contribution in [1.82, 2.24) is 4.90 Å². The molecule has 1 saturated heterocycles. The molecule has 2 aromatic carbocycles. The van der Waals surface area contributed by atoms with Gasteiger partial charge in [-0.05, 0) is 29.8 Å². The minimum atomic E-state index is -4.40. The first-order valence-electron chi connectivity index (χ1n) is 7.22. The molecule has 0 N–H and O–H groups in total. The van der Waals surface area contributed by atoms with E-state index in [0.717, 1.165) is 12.1 Å². The first kappa shape index (κ1) is 16.8. The van der Waals surface area contributed by atoms with Crippen molar-refractivity contribution in [2.45, 2.75) is 11.6 Å². The van der Waals surface area contributed by atoms with Gasteiger partial charge in [-0.15, -0.1) is 11.8 Å². The van der Waals surface area contributed by atoms with E-state index in [-0.39, 0.29) is 5.56 Å². The van der Waals surface area contributed by atoms with Gasteiger partial charge in [-0.1, -0.05) is 24.3 Å². The normalized spacial score (nSPS) is 18.0. The van der Waals surface area contributed by atoms with E-state index in [4.69, 9.17) is 0 Å². The van der Waals surface area contributed by atoms with Gasteiger partial charge in [-0.2, -0.15) is 13.2 Å². The number of benzene rings is 2. The molecule has 0 unspecified atom stereocenters. The molecular formula is C17H13F4NOS. The largest absolute Gasteiger partial charge is 0.416 e. The van der Waals surface area contributed by atoms with Crippen LogP contribution in [0.4, 0.5) is 17.6 Å². The van der Waals surface area contributed by atoms with Crippen LogP contribution in [0.2, 0.25) is 0 Å². The molecule has 1 amide bonds. The Morgan fingerprint density at radius 1 is 1.08 bits per heavy atom. The Morgan fingerprint density at radius 2 is 1.75 bits per heavy atom.